The molecule has 1 aromatic heterocycles. The number of hydrogen-bond acceptors (Lipinski definition) is 4. The molecule has 1 aromatic rings. The van der Waals surface area contributed by atoms with Crippen molar-refractivity contribution in [3.63, 3.8) is 0 Å². The summed E-state index contributed by atoms with van der Waals surface area (Å²) in [5.41, 5.74) is 0.795. The third kappa shape index (κ3) is 3.10. The molecule has 1 aliphatic rings. The summed E-state index contributed by atoms with van der Waals surface area (Å²) >= 11 is 6.02. The van der Waals surface area contributed by atoms with Crippen LogP contribution < -0.4 is 10.2 Å². The minimum atomic E-state index is 0.0202. The number of carbonyl (C=O) groups excluding carboxylic acids is 1. The molecule has 6 heteroatoms. The number of carbonyl (C=O) groups is 1. The highest BCUT2D eigenvalue weighted by atomic mass is 35.5. The second kappa shape index (κ2) is 5.10. The van der Waals surface area contributed by atoms with E-state index in [-0.39, 0.29) is 12.5 Å². The van der Waals surface area contributed by atoms with E-state index < -0.39 is 0 Å². The van der Waals surface area contributed by atoms with Crippen LogP contribution in [0.4, 0.5) is 5.82 Å². The van der Waals surface area contributed by atoms with E-state index in [1.165, 1.54) is 0 Å². The molecular weight excluding hydrogens is 252 g/mol. The van der Waals surface area contributed by atoms with Crippen LogP contribution in [0.2, 0.25) is 5.15 Å². The largest absolute Gasteiger partial charge is 0.352 e. The van der Waals surface area contributed by atoms with Gasteiger partial charge in [0, 0.05) is 18.7 Å². The van der Waals surface area contributed by atoms with E-state index in [1.807, 2.05) is 14.0 Å². The average molecular weight is 269 g/mol. The van der Waals surface area contributed by atoms with Crippen molar-refractivity contribution in [1.82, 2.24) is 15.3 Å². The van der Waals surface area contributed by atoms with E-state index in [0.29, 0.717) is 22.8 Å². The van der Waals surface area contributed by atoms with Crippen molar-refractivity contribution in [2.24, 2.45) is 0 Å². The SMILES string of the molecule is Cc1nc(Cl)c(C)c(N(C)CC(=O)NC2CC2)n1. The van der Waals surface area contributed by atoms with Gasteiger partial charge in [-0.1, -0.05) is 11.6 Å². The van der Waals surface area contributed by atoms with Crippen molar-refractivity contribution in [2.45, 2.75) is 32.7 Å². The number of nitrogens with zero attached hydrogens (tertiary/aromatic N) is 3. The zero-order valence-corrected chi connectivity index (χ0v) is 11.6. The van der Waals surface area contributed by atoms with Gasteiger partial charge in [-0.2, -0.15) is 0 Å². The first kappa shape index (κ1) is 13.1. The van der Waals surface area contributed by atoms with Gasteiger partial charge in [-0.15, -0.1) is 0 Å². The van der Waals surface area contributed by atoms with Crippen LogP contribution in [0.15, 0.2) is 0 Å². The number of rotatable bonds is 4. The lowest BCUT2D eigenvalue weighted by molar-refractivity contribution is -0.119. The lowest BCUT2D eigenvalue weighted by atomic mass is 10.3. The standard InChI is InChI=1S/C12H17ClN4O/c1-7-11(13)14-8(2)15-12(7)17(3)6-10(18)16-9-4-5-9/h9H,4-6H2,1-3H3,(H,16,18). The Labute approximate surface area is 112 Å². The van der Waals surface area contributed by atoms with Gasteiger partial charge in [-0.3, -0.25) is 4.79 Å². The van der Waals surface area contributed by atoms with Crippen LogP contribution in [0.1, 0.15) is 24.2 Å². The van der Waals surface area contributed by atoms with Crippen molar-refractivity contribution in [2.75, 3.05) is 18.5 Å². The number of halogens is 1. The topological polar surface area (TPSA) is 58.1 Å². The van der Waals surface area contributed by atoms with Gasteiger partial charge in [0.25, 0.3) is 0 Å². The average Bonchev–Trinajstić information content (AvgIpc) is 3.06. The highest BCUT2D eigenvalue weighted by Crippen LogP contribution is 2.22. The smallest absolute Gasteiger partial charge is 0.239 e. The molecule has 0 radical (unpaired) electrons. The van der Waals surface area contributed by atoms with Crippen molar-refractivity contribution in [3.8, 4) is 0 Å². The monoisotopic (exact) mass is 268 g/mol. The van der Waals surface area contributed by atoms with Gasteiger partial charge >= 0.3 is 0 Å². The molecule has 0 bridgehead atoms. The first-order valence-electron chi connectivity index (χ1n) is 5.98. The summed E-state index contributed by atoms with van der Waals surface area (Å²) in [6.45, 7) is 3.92. The molecule has 1 aliphatic carbocycles. The summed E-state index contributed by atoms with van der Waals surface area (Å²) in [5, 5.41) is 3.38. The summed E-state index contributed by atoms with van der Waals surface area (Å²) in [4.78, 5) is 21.9. The summed E-state index contributed by atoms with van der Waals surface area (Å²) < 4.78 is 0. The van der Waals surface area contributed by atoms with Gasteiger partial charge in [0.2, 0.25) is 5.91 Å². The van der Waals surface area contributed by atoms with Crippen molar-refractivity contribution >= 4 is 23.3 Å². The lowest BCUT2D eigenvalue weighted by Crippen LogP contribution is -2.37. The minimum absolute atomic E-state index is 0.0202. The second-order valence-corrected chi connectivity index (χ2v) is 5.07. The summed E-state index contributed by atoms with van der Waals surface area (Å²) in [6, 6.07) is 0.378. The fraction of sp³-hybridized carbons (Fsp3) is 0.583. The molecule has 0 atom stereocenters. The van der Waals surface area contributed by atoms with Crippen molar-refractivity contribution in [1.29, 1.82) is 0 Å². The van der Waals surface area contributed by atoms with Gasteiger partial charge < -0.3 is 10.2 Å². The van der Waals surface area contributed by atoms with Crippen molar-refractivity contribution < 1.29 is 4.79 Å². The Balaban J connectivity index is 2.07. The number of anilines is 1. The Hall–Kier alpha value is -1.36. The molecule has 0 saturated heterocycles. The zero-order chi connectivity index (χ0) is 13.3. The fourth-order valence-electron chi connectivity index (χ4n) is 1.74. The Morgan fingerprint density at radius 1 is 1.44 bits per heavy atom. The van der Waals surface area contributed by atoms with Gasteiger partial charge in [0.05, 0.1) is 6.54 Å². The molecule has 1 amide bonds. The molecule has 1 saturated carbocycles. The maximum Gasteiger partial charge on any atom is 0.239 e. The van der Waals surface area contributed by atoms with Crippen LogP contribution in [0.3, 0.4) is 0 Å². The summed E-state index contributed by atoms with van der Waals surface area (Å²) in [5.74, 6) is 1.33. The minimum Gasteiger partial charge on any atom is -0.352 e. The summed E-state index contributed by atoms with van der Waals surface area (Å²) in [7, 11) is 1.83. The lowest BCUT2D eigenvalue weighted by Gasteiger charge is -2.20. The van der Waals surface area contributed by atoms with E-state index in [2.05, 4.69) is 15.3 Å². The predicted octanol–water partition coefficient (Wildman–Crippen LogP) is 1.46. The molecule has 1 N–H and O–H groups in total. The van der Waals surface area contributed by atoms with Crippen LogP contribution in [0.5, 0.6) is 0 Å². The van der Waals surface area contributed by atoms with Crippen LogP contribution in [-0.2, 0) is 4.79 Å². The quantitative estimate of drug-likeness (QED) is 0.840. The molecule has 0 spiro atoms. The van der Waals surface area contributed by atoms with Gasteiger partial charge in [0.15, 0.2) is 0 Å². The number of likely N-dealkylation sites (N-methyl/N-ethyl adjacent to an activating group) is 1. The maximum atomic E-state index is 11.7. The van der Waals surface area contributed by atoms with E-state index >= 15 is 0 Å². The molecule has 2 rings (SSSR count). The predicted molar refractivity (Wildman–Crippen MR) is 71.0 cm³/mol. The zero-order valence-electron chi connectivity index (χ0n) is 10.8. The van der Waals surface area contributed by atoms with Crippen molar-refractivity contribution in [3.05, 3.63) is 16.5 Å². The van der Waals surface area contributed by atoms with Crippen LogP contribution in [0, 0.1) is 13.8 Å². The Bertz CT molecular complexity index is 473. The third-order valence-corrected chi connectivity index (χ3v) is 3.23. The number of hydrogen-bond donors (Lipinski definition) is 1. The molecule has 0 unspecified atom stereocenters. The third-order valence-electron chi connectivity index (χ3n) is 2.86. The van der Waals surface area contributed by atoms with Gasteiger partial charge in [0.1, 0.15) is 16.8 Å². The first-order chi connectivity index (χ1) is 8.47. The second-order valence-electron chi connectivity index (χ2n) is 4.71. The summed E-state index contributed by atoms with van der Waals surface area (Å²) in [6.07, 6.45) is 2.18. The Kier molecular flexibility index (Phi) is 3.71. The number of aryl methyl sites for hydroxylation is 1. The fourth-order valence-corrected chi connectivity index (χ4v) is 1.95. The number of aromatic nitrogens is 2. The van der Waals surface area contributed by atoms with E-state index in [1.54, 1.807) is 11.8 Å². The normalized spacial score (nSPS) is 14.4. The molecule has 98 valence electrons. The maximum absolute atomic E-state index is 11.7. The van der Waals surface area contributed by atoms with Crippen LogP contribution >= 0.6 is 11.6 Å². The molecule has 1 fully saturated rings. The van der Waals surface area contributed by atoms with E-state index in [9.17, 15) is 4.79 Å². The molecule has 0 aromatic carbocycles. The molecule has 5 nitrogen and oxygen atoms in total. The first-order valence-corrected chi connectivity index (χ1v) is 6.36. The molecule has 18 heavy (non-hydrogen) atoms. The highest BCUT2D eigenvalue weighted by molar-refractivity contribution is 6.30. The van der Waals surface area contributed by atoms with Crippen LogP contribution in [-0.4, -0.2) is 35.5 Å². The van der Waals surface area contributed by atoms with E-state index in [0.717, 1.165) is 18.4 Å². The van der Waals surface area contributed by atoms with Gasteiger partial charge in [-0.25, -0.2) is 9.97 Å². The highest BCUT2D eigenvalue weighted by Gasteiger charge is 2.24. The molecular formula is C12H17ClN4O. The van der Waals surface area contributed by atoms with E-state index in [4.69, 9.17) is 11.6 Å². The number of amides is 1. The number of nitrogens with one attached hydrogen (secondary N) is 1. The van der Waals surface area contributed by atoms with Crippen LogP contribution in [0.25, 0.3) is 0 Å². The Morgan fingerprint density at radius 2 is 2.11 bits per heavy atom. The molecule has 1 heterocycles. The van der Waals surface area contributed by atoms with Gasteiger partial charge in [-0.05, 0) is 26.7 Å². The molecule has 0 aliphatic heterocycles. The Morgan fingerprint density at radius 3 is 2.72 bits per heavy atom.